The summed E-state index contributed by atoms with van der Waals surface area (Å²) in [7, 11) is 3.30. The molecule has 8 nitrogen and oxygen atoms in total. The molecular weight excluding hydrogens is 418 g/mol. The lowest BCUT2D eigenvalue weighted by Crippen LogP contribution is -2.29. The topological polar surface area (TPSA) is 94.1 Å². The van der Waals surface area contributed by atoms with Gasteiger partial charge in [-0.1, -0.05) is 43.3 Å². The van der Waals surface area contributed by atoms with E-state index in [-0.39, 0.29) is 28.8 Å². The lowest BCUT2D eigenvalue weighted by atomic mass is 10.0. The SMILES string of the molecule is CC(Cc1ccccc1)c1nnc(-c2cc(C(=O)N(C)Cc3cccnc3)cc(=O)n2C)o1. The molecule has 8 heteroatoms. The van der Waals surface area contributed by atoms with E-state index in [4.69, 9.17) is 4.42 Å². The highest BCUT2D eigenvalue weighted by Crippen LogP contribution is 2.24. The highest BCUT2D eigenvalue weighted by atomic mass is 16.4. The number of rotatable bonds is 7. The zero-order valence-corrected chi connectivity index (χ0v) is 18.8. The van der Waals surface area contributed by atoms with E-state index in [9.17, 15) is 9.59 Å². The molecule has 4 aromatic rings. The largest absolute Gasteiger partial charge is 0.419 e. The smallest absolute Gasteiger partial charge is 0.264 e. The zero-order chi connectivity index (χ0) is 23.4. The van der Waals surface area contributed by atoms with Crippen molar-refractivity contribution in [2.24, 2.45) is 7.05 Å². The number of aromatic nitrogens is 4. The predicted octanol–water partition coefficient (Wildman–Crippen LogP) is 3.45. The Morgan fingerprint density at radius 3 is 2.58 bits per heavy atom. The van der Waals surface area contributed by atoms with Crippen LogP contribution in [-0.2, 0) is 20.0 Å². The van der Waals surface area contributed by atoms with Gasteiger partial charge in [0.2, 0.25) is 5.89 Å². The average molecular weight is 444 g/mol. The van der Waals surface area contributed by atoms with Gasteiger partial charge in [-0.15, -0.1) is 10.2 Å². The summed E-state index contributed by atoms with van der Waals surface area (Å²) in [5.74, 6) is 0.400. The number of benzene rings is 1. The summed E-state index contributed by atoms with van der Waals surface area (Å²) in [4.78, 5) is 31.2. The molecule has 168 valence electrons. The second kappa shape index (κ2) is 9.60. The highest BCUT2D eigenvalue weighted by Gasteiger charge is 2.20. The molecule has 0 aliphatic rings. The van der Waals surface area contributed by atoms with E-state index in [1.807, 2.05) is 37.3 Å². The molecule has 1 aromatic carbocycles. The minimum Gasteiger partial charge on any atom is -0.419 e. The summed E-state index contributed by atoms with van der Waals surface area (Å²) >= 11 is 0. The van der Waals surface area contributed by atoms with E-state index in [1.54, 1.807) is 32.6 Å². The summed E-state index contributed by atoms with van der Waals surface area (Å²) in [6.45, 7) is 2.38. The lowest BCUT2D eigenvalue weighted by Gasteiger charge is -2.17. The van der Waals surface area contributed by atoms with Gasteiger partial charge in [0.25, 0.3) is 17.4 Å². The Labute approximate surface area is 191 Å². The summed E-state index contributed by atoms with van der Waals surface area (Å²) in [5, 5.41) is 8.35. The first-order valence-electron chi connectivity index (χ1n) is 10.7. The van der Waals surface area contributed by atoms with Crippen molar-refractivity contribution in [3.63, 3.8) is 0 Å². The van der Waals surface area contributed by atoms with Crippen LogP contribution in [0.25, 0.3) is 11.6 Å². The van der Waals surface area contributed by atoms with E-state index >= 15 is 0 Å². The second-order valence-electron chi connectivity index (χ2n) is 8.09. The molecule has 33 heavy (non-hydrogen) atoms. The third-order valence-electron chi connectivity index (χ3n) is 5.47. The van der Waals surface area contributed by atoms with Gasteiger partial charge in [-0.3, -0.25) is 14.6 Å². The maximum absolute atomic E-state index is 13.0. The lowest BCUT2D eigenvalue weighted by molar-refractivity contribution is 0.0784. The van der Waals surface area contributed by atoms with Crippen LogP contribution < -0.4 is 5.56 Å². The minimum absolute atomic E-state index is 0.00103. The van der Waals surface area contributed by atoms with E-state index in [1.165, 1.54) is 21.1 Å². The molecule has 1 unspecified atom stereocenters. The van der Waals surface area contributed by atoms with Crippen molar-refractivity contribution in [1.29, 1.82) is 0 Å². The molecule has 0 radical (unpaired) electrons. The summed E-state index contributed by atoms with van der Waals surface area (Å²) in [5.41, 5.74) is 2.39. The van der Waals surface area contributed by atoms with Crippen molar-refractivity contribution >= 4 is 5.91 Å². The molecule has 0 fully saturated rings. The molecule has 0 aliphatic carbocycles. The number of nitrogens with zero attached hydrogens (tertiary/aromatic N) is 5. The van der Waals surface area contributed by atoms with Gasteiger partial charge in [0.15, 0.2) is 0 Å². The standard InChI is InChI=1S/C25H25N5O3/c1-17(12-18-8-5-4-6-9-18)23-27-28-24(33-23)21-13-20(14-22(31)30(21)3)25(32)29(2)16-19-10-7-11-26-15-19/h4-11,13-15,17H,12,16H2,1-3H3. The van der Waals surface area contributed by atoms with Gasteiger partial charge in [0.05, 0.1) is 0 Å². The second-order valence-corrected chi connectivity index (χ2v) is 8.09. The Balaban J connectivity index is 1.57. The average Bonchev–Trinajstić information content (AvgIpc) is 3.32. The molecule has 1 atom stereocenters. The molecule has 4 rings (SSSR count). The number of carbonyl (C=O) groups is 1. The maximum atomic E-state index is 13.0. The first-order chi connectivity index (χ1) is 15.9. The van der Waals surface area contributed by atoms with Crippen LogP contribution in [0.4, 0.5) is 0 Å². The van der Waals surface area contributed by atoms with Gasteiger partial charge in [-0.25, -0.2) is 0 Å². The fourth-order valence-corrected chi connectivity index (χ4v) is 3.61. The van der Waals surface area contributed by atoms with E-state index in [2.05, 4.69) is 27.3 Å². The minimum atomic E-state index is -0.331. The van der Waals surface area contributed by atoms with Crippen LogP contribution in [0, 0.1) is 0 Å². The van der Waals surface area contributed by atoms with E-state index < -0.39 is 0 Å². The number of amides is 1. The molecule has 0 spiro atoms. The molecule has 3 aromatic heterocycles. The van der Waals surface area contributed by atoms with Gasteiger partial charge >= 0.3 is 0 Å². The van der Waals surface area contributed by atoms with Crippen LogP contribution in [-0.4, -0.2) is 37.6 Å². The predicted molar refractivity (Wildman–Crippen MR) is 124 cm³/mol. The molecular formula is C25H25N5O3. The van der Waals surface area contributed by atoms with Crippen LogP contribution in [0.2, 0.25) is 0 Å². The molecule has 1 amide bonds. The van der Waals surface area contributed by atoms with Crippen LogP contribution in [0.1, 0.15) is 40.2 Å². The van der Waals surface area contributed by atoms with Gasteiger partial charge in [0.1, 0.15) is 5.69 Å². The summed E-state index contributed by atoms with van der Waals surface area (Å²) in [6.07, 6.45) is 4.13. The Morgan fingerprint density at radius 2 is 1.85 bits per heavy atom. The number of carbonyl (C=O) groups excluding carboxylic acids is 1. The summed E-state index contributed by atoms with van der Waals surface area (Å²) < 4.78 is 7.32. The third-order valence-corrected chi connectivity index (χ3v) is 5.47. The summed E-state index contributed by atoms with van der Waals surface area (Å²) in [6, 6.07) is 16.7. The number of hydrogen-bond acceptors (Lipinski definition) is 6. The molecule has 0 aliphatic heterocycles. The first kappa shape index (κ1) is 22.1. The van der Waals surface area contributed by atoms with E-state index in [0.29, 0.717) is 18.1 Å². The molecule has 0 N–H and O–H groups in total. The number of hydrogen-bond donors (Lipinski definition) is 0. The van der Waals surface area contributed by atoms with Crippen molar-refractivity contribution in [3.05, 3.63) is 99.9 Å². The van der Waals surface area contributed by atoms with Crippen molar-refractivity contribution in [2.45, 2.75) is 25.8 Å². The van der Waals surface area contributed by atoms with Crippen molar-refractivity contribution < 1.29 is 9.21 Å². The Morgan fingerprint density at radius 1 is 1.09 bits per heavy atom. The van der Waals surface area contributed by atoms with Crippen LogP contribution in [0.15, 0.2) is 76.2 Å². The quantitative estimate of drug-likeness (QED) is 0.434. The molecule has 0 saturated heterocycles. The highest BCUT2D eigenvalue weighted by molar-refractivity contribution is 5.94. The molecule has 0 saturated carbocycles. The third kappa shape index (κ3) is 5.06. The van der Waals surface area contributed by atoms with Crippen LogP contribution >= 0.6 is 0 Å². The van der Waals surface area contributed by atoms with Crippen LogP contribution in [0.5, 0.6) is 0 Å². The maximum Gasteiger partial charge on any atom is 0.264 e. The monoisotopic (exact) mass is 443 g/mol. The first-order valence-corrected chi connectivity index (χ1v) is 10.7. The van der Waals surface area contributed by atoms with Gasteiger partial charge < -0.3 is 13.9 Å². The fraction of sp³-hybridized carbons (Fsp3) is 0.240. The van der Waals surface area contributed by atoms with Gasteiger partial charge in [-0.05, 0) is 29.7 Å². The Bertz CT molecular complexity index is 1300. The van der Waals surface area contributed by atoms with Gasteiger partial charge in [0, 0.05) is 50.6 Å². The van der Waals surface area contributed by atoms with Gasteiger partial charge in [-0.2, -0.15) is 0 Å². The zero-order valence-electron chi connectivity index (χ0n) is 18.8. The van der Waals surface area contributed by atoms with Crippen molar-refractivity contribution in [2.75, 3.05) is 7.05 Å². The van der Waals surface area contributed by atoms with E-state index in [0.717, 1.165) is 12.0 Å². The molecule has 0 bridgehead atoms. The van der Waals surface area contributed by atoms with Crippen LogP contribution in [0.3, 0.4) is 0 Å². The Hall–Kier alpha value is -4.07. The number of pyridine rings is 2. The Kier molecular flexibility index (Phi) is 6.44. The van der Waals surface area contributed by atoms with Crippen molar-refractivity contribution in [1.82, 2.24) is 24.6 Å². The molecule has 3 heterocycles. The fourth-order valence-electron chi connectivity index (χ4n) is 3.61. The normalized spacial score (nSPS) is 11.8. The van der Waals surface area contributed by atoms with Crippen molar-refractivity contribution in [3.8, 4) is 11.6 Å².